The van der Waals surface area contributed by atoms with Gasteiger partial charge in [0.05, 0.1) is 10.6 Å². The van der Waals surface area contributed by atoms with Crippen LogP contribution in [0.15, 0.2) is 22.7 Å². The van der Waals surface area contributed by atoms with Crippen LogP contribution >= 0.6 is 39.3 Å². The zero-order chi connectivity index (χ0) is 14.0. The maximum absolute atomic E-state index is 12.2. The molecule has 0 unspecified atom stereocenters. The van der Waals surface area contributed by atoms with E-state index in [0.29, 0.717) is 12.2 Å². The first-order valence-corrected chi connectivity index (χ1v) is 7.86. The molecule has 0 aliphatic carbocycles. The molecule has 1 heterocycles. The molecule has 1 atom stereocenters. The number of nitrogens with one attached hydrogen (secondary N) is 1. The molecule has 102 valence electrons. The summed E-state index contributed by atoms with van der Waals surface area (Å²) in [7, 11) is 0. The summed E-state index contributed by atoms with van der Waals surface area (Å²) in [6, 6.07) is 4.87. The molecular weight excluding hydrogens is 354 g/mol. The van der Waals surface area contributed by atoms with Gasteiger partial charge in [-0.2, -0.15) is 11.8 Å². The number of carboxylic acids is 1. The summed E-state index contributed by atoms with van der Waals surface area (Å²) in [5, 5.41) is 12.2. The molecule has 1 aromatic carbocycles. The number of rotatable bonds is 3. The molecule has 2 rings (SSSR count). The molecule has 0 spiro atoms. The Balaban J connectivity index is 2.22. The van der Waals surface area contributed by atoms with Crippen molar-refractivity contribution in [3.05, 3.63) is 33.3 Å². The van der Waals surface area contributed by atoms with E-state index in [0.717, 1.165) is 10.2 Å². The maximum Gasteiger partial charge on any atom is 0.330 e. The third-order valence-corrected chi connectivity index (χ3v) is 4.96. The first-order valence-electron chi connectivity index (χ1n) is 5.53. The van der Waals surface area contributed by atoms with Crippen LogP contribution in [0.4, 0.5) is 0 Å². The van der Waals surface area contributed by atoms with Crippen molar-refractivity contribution < 1.29 is 14.7 Å². The van der Waals surface area contributed by atoms with Crippen LogP contribution in [0.25, 0.3) is 0 Å². The second-order valence-electron chi connectivity index (χ2n) is 4.27. The fraction of sp³-hybridized carbons (Fsp3) is 0.333. The lowest BCUT2D eigenvalue weighted by Gasteiger charge is -2.24. The zero-order valence-electron chi connectivity index (χ0n) is 9.78. The highest BCUT2D eigenvalue weighted by molar-refractivity contribution is 9.10. The number of amides is 1. The van der Waals surface area contributed by atoms with E-state index in [1.165, 1.54) is 11.8 Å². The van der Waals surface area contributed by atoms with Crippen LogP contribution in [0.5, 0.6) is 0 Å². The summed E-state index contributed by atoms with van der Waals surface area (Å²) in [6.07, 6.45) is 0.423. The molecule has 0 radical (unpaired) electrons. The van der Waals surface area contributed by atoms with Gasteiger partial charge in [-0.05, 0) is 30.4 Å². The number of hydrogen-bond acceptors (Lipinski definition) is 3. The molecule has 2 N–H and O–H groups in total. The van der Waals surface area contributed by atoms with E-state index >= 15 is 0 Å². The van der Waals surface area contributed by atoms with Crippen molar-refractivity contribution in [3.63, 3.8) is 0 Å². The normalized spacial score (nSPS) is 22.2. The van der Waals surface area contributed by atoms with Crippen molar-refractivity contribution in [1.29, 1.82) is 0 Å². The zero-order valence-corrected chi connectivity index (χ0v) is 12.9. The van der Waals surface area contributed by atoms with Crippen LogP contribution in [0, 0.1) is 0 Å². The molecule has 0 saturated carbocycles. The second kappa shape index (κ2) is 5.73. The second-order valence-corrected chi connectivity index (χ2v) is 6.70. The van der Waals surface area contributed by atoms with Gasteiger partial charge >= 0.3 is 5.97 Å². The number of thioether (sulfide) groups is 1. The molecule has 1 amide bonds. The van der Waals surface area contributed by atoms with Gasteiger partial charge < -0.3 is 10.4 Å². The van der Waals surface area contributed by atoms with E-state index in [1.807, 2.05) is 0 Å². The van der Waals surface area contributed by atoms with E-state index in [2.05, 4.69) is 21.2 Å². The van der Waals surface area contributed by atoms with Gasteiger partial charge in [-0.3, -0.25) is 4.79 Å². The number of halogens is 2. The number of carboxylic acid groups (broad SMARTS) is 1. The van der Waals surface area contributed by atoms with Gasteiger partial charge in [0.25, 0.3) is 5.91 Å². The van der Waals surface area contributed by atoms with E-state index in [-0.39, 0.29) is 10.6 Å². The maximum atomic E-state index is 12.2. The van der Waals surface area contributed by atoms with Crippen LogP contribution in [0.3, 0.4) is 0 Å². The van der Waals surface area contributed by atoms with Gasteiger partial charge in [0.1, 0.15) is 5.54 Å². The lowest BCUT2D eigenvalue weighted by atomic mass is 9.98. The smallest absolute Gasteiger partial charge is 0.330 e. The van der Waals surface area contributed by atoms with E-state index < -0.39 is 17.4 Å². The number of aliphatic carboxylic acids is 1. The highest BCUT2D eigenvalue weighted by atomic mass is 79.9. The lowest BCUT2D eigenvalue weighted by molar-refractivity contribution is -0.143. The lowest BCUT2D eigenvalue weighted by Crippen LogP contribution is -2.54. The van der Waals surface area contributed by atoms with Crippen LogP contribution in [0.1, 0.15) is 16.8 Å². The molecule has 1 saturated heterocycles. The largest absolute Gasteiger partial charge is 0.479 e. The molecule has 7 heteroatoms. The van der Waals surface area contributed by atoms with Gasteiger partial charge in [0, 0.05) is 10.2 Å². The fourth-order valence-electron chi connectivity index (χ4n) is 1.84. The van der Waals surface area contributed by atoms with E-state index in [1.54, 1.807) is 18.2 Å². The molecule has 1 aliphatic heterocycles. The van der Waals surface area contributed by atoms with Crippen molar-refractivity contribution in [2.24, 2.45) is 0 Å². The predicted molar refractivity (Wildman–Crippen MR) is 78.9 cm³/mol. The Morgan fingerprint density at radius 2 is 2.21 bits per heavy atom. The Hall–Kier alpha value is -0.720. The standard InChI is InChI=1S/C12H11BrClNO3S/c13-7-1-2-8(9(14)5-7)10(16)15-12(11(17)18)3-4-19-6-12/h1-2,5H,3-4,6H2,(H,15,16)(H,17,18)/t12-/m0/s1. The highest BCUT2D eigenvalue weighted by Crippen LogP contribution is 2.29. The van der Waals surface area contributed by atoms with Crippen LogP contribution < -0.4 is 5.32 Å². The fourth-order valence-corrected chi connectivity index (χ4v) is 3.93. The third-order valence-electron chi connectivity index (χ3n) is 2.96. The minimum Gasteiger partial charge on any atom is -0.479 e. The summed E-state index contributed by atoms with van der Waals surface area (Å²) in [5.41, 5.74) is -0.902. The van der Waals surface area contributed by atoms with Gasteiger partial charge in [-0.1, -0.05) is 27.5 Å². The Morgan fingerprint density at radius 1 is 1.47 bits per heavy atom. The number of carbonyl (C=O) groups is 2. The first kappa shape index (κ1) is 14.7. The molecule has 0 bridgehead atoms. The molecular formula is C12H11BrClNO3S. The van der Waals surface area contributed by atoms with Gasteiger partial charge in [0.15, 0.2) is 0 Å². The summed E-state index contributed by atoms with van der Waals surface area (Å²) in [5.74, 6) is -0.357. The number of carbonyl (C=O) groups excluding carboxylic acids is 1. The average molecular weight is 365 g/mol. The SMILES string of the molecule is O=C(N[C@@]1(C(=O)O)CCSC1)c1ccc(Br)cc1Cl. The molecule has 4 nitrogen and oxygen atoms in total. The highest BCUT2D eigenvalue weighted by Gasteiger charge is 2.43. The topological polar surface area (TPSA) is 66.4 Å². The van der Waals surface area contributed by atoms with Crippen molar-refractivity contribution >= 4 is 51.2 Å². The van der Waals surface area contributed by atoms with E-state index in [9.17, 15) is 14.7 Å². The minimum absolute atomic E-state index is 0.280. The van der Waals surface area contributed by atoms with Crippen LogP contribution in [-0.4, -0.2) is 34.0 Å². The number of hydrogen-bond donors (Lipinski definition) is 2. The number of benzene rings is 1. The van der Waals surface area contributed by atoms with Crippen LogP contribution in [0.2, 0.25) is 5.02 Å². The van der Waals surface area contributed by atoms with Gasteiger partial charge in [0.2, 0.25) is 0 Å². The summed E-state index contributed by atoms with van der Waals surface area (Å²) in [4.78, 5) is 23.5. The molecule has 0 aromatic heterocycles. The predicted octanol–water partition coefficient (Wildman–Crippen LogP) is 2.79. The van der Waals surface area contributed by atoms with Crippen molar-refractivity contribution in [3.8, 4) is 0 Å². The quantitative estimate of drug-likeness (QED) is 0.865. The average Bonchev–Trinajstić information content (AvgIpc) is 2.78. The monoisotopic (exact) mass is 363 g/mol. The van der Waals surface area contributed by atoms with Crippen LogP contribution in [-0.2, 0) is 4.79 Å². The summed E-state index contributed by atoms with van der Waals surface area (Å²) >= 11 is 10.8. The summed E-state index contributed by atoms with van der Waals surface area (Å²) in [6.45, 7) is 0. The molecule has 1 aliphatic rings. The Labute approximate surface area is 128 Å². The molecule has 19 heavy (non-hydrogen) atoms. The van der Waals surface area contributed by atoms with Gasteiger partial charge in [-0.25, -0.2) is 4.79 Å². The van der Waals surface area contributed by atoms with Crippen molar-refractivity contribution in [2.45, 2.75) is 12.0 Å². The van der Waals surface area contributed by atoms with Crippen molar-refractivity contribution in [2.75, 3.05) is 11.5 Å². The molecule has 1 aromatic rings. The van der Waals surface area contributed by atoms with Gasteiger partial charge in [-0.15, -0.1) is 0 Å². The Morgan fingerprint density at radius 3 is 2.74 bits per heavy atom. The van der Waals surface area contributed by atoms with E-state index in [4.69, 9.17) is 11.6 Å². The molecule has 1 fully saturated rings. The summed E-state index contributed by atoms with van der Waals surface area (Å²) < 4.78 is 0.762. The third kappa shape index (κ3) is 3.07. The minimum atomic E-state index is -1.18. The Kier molecular flexibility index (Phi) is 4.43. The Bertz CT molecular complexity index is 532. The first-order chi connectivity index (χ1) is 8.94. The van der Waals surface area contributed by atoms with Crippen molar-refractivity contribution in [1.82, 2.24) is 5.32 Å².